The largest absolute Gasteiger partial charge is 0.674 e. The van der Waals surface area contributed by atoms with Gasteiger partial charge in [0.15, 0.2) is 0 Å². The van der Waals surface area contributed by atoms with Crippen LogP contribution in [0.2, 0.25) is 0 Å². The van der Waals surface area contributed by atoms with Gasteiger partial charge in [-0.1, -0.05) is 32.6 Å². The van der Waals surface area contributed by atoms with Crippen LogP contribution in [-0.4, -0.2) is 57.7 Å². The van der Waals surface area contributed by atoms with E-state index in [4.69, 9.17) is 32.2 Å². The first-order valence-electron chi connectivity index (χ1n) is 11.0. The average molecular weight is 695 g/mol. The van der Waals surface area contributed by atoms with E-state index in [9.17, 15) is 9.59 Å². The molecule has 1 aromatic heterocycles. The third kappa shape index (κ3) is 8.15. The van der Waals surface area contributed by atoms with Gasteiger partial charge in [0.05, 0.1) is 13.0 Å². The Morgan fingerprint density at radius 1 is 1.30 bits per heavy atom. The standard InChI is InChI=1S/C22H35N4O5S.Ac/c1-7-13(8-2)17(23)16-15(25-20(28)31-22(3,4)5)11-14(19(27)29-6)18(16)30-21(32)26-10-9-24-12-26;/h9-10,12-18,23H,7-8,11H2,1-6H3,(H,25,28);/q-1;. The molecule has 0 saturated heterocycles. The smallest absolute Gasteiger partial charge is 0.407 e. The Morgan fingerprint density at radius 2 is 1.94 bits per heavy atom. The number of carbonyl (C=O) groups is 2. The zero-order valence-electron chi connectivity index (χ0n) is 20.2. The van der Waals surface area contributed by atoms with Crippen molar-refractivity contribution >= 4 is 29.5 Å². The van der Waals surface area contributed by atoms with E-state index in [1.54, 1.807) is 33.2 Å². The molecule has 33 heavy (non-hydrogen) atoms. The maximum absolute atomic E-state index is 12.7. The Bertz CT molecular complexity index is 782. The second-order valence-electron chi connectivity index (χ2n) is 9.12. The molecule has 2 N–H and O–H groups in total. The quantitative estimate of drug-likeness (QED) is 0.340. The molecular weight excluding hydrogens is 659 g/mol. The van der Waals surface area contributed by atoms with E-state index in [0.29, 0.717) is 0 Å². The van der Waals surface area contributed by atoms with Crippen LogP contribution >= 0.6 is 12.2 Å². The van der Waals surface area contributed by atoms with E-state index in [1.807, 2.05) is 13.8 Å². The maximum atomic E-state index is 12.7. The normalized spacial score (nSPS) is 23.4. The van der Waals surface area contributed by atoms with Crippen LogP contribution in [-0.2, 0) is 19.0 Å². The summed E-state index contributed by atoms with van der Waals surface area (Å²) in [5.74, 6) is -1.57. The second-order valence-corrected chi connectivity index (χ2v) is 9.47. The minimum Gasteiger partial charge on any atom is -0.674 e. The van der Waals surface area contributed by atoms with Gasteiger partial charge in [0, 0.05) is 68.4 Å². The van der Waals surface area contributed by atoms with E-state index in [0.717, 1.165) is 12.8 Å². The first-order chi connectivity index (χ1) is 15.0. The number of ether oxygens (including phenoxy) is 3. The predicted octanol–water partition coefficient (Wildman–Crippen LogP) is 3.96. The molecule has 1 aliphatic carbocycles. The number of thiocarbonyl (C=S) groups is 1. The number of methoxy groups -OCH3 is 1. The van der Waals surface area contributed by atoms with Crippen LogP contribution in [0, 0.1) is 61.8 Å². The zero-order valence-corrected chi connectivity index (χ0v) is 25.8. The van der Waals surface area contributed by atoms with Crippen molar-refractivity contribution in [1.29, 1.82) is 0 Å². The molecule has 1 amide bonds. The van der Waals surface area contributed by atoms with Gasteiger partial charge in [-0.15, -0.1) is 6.04 Å². The van der Waals surface area contributed by atoms with Gasteiger partial charge in [-0.25, -0.2) is 9.78 Å². The minimum atomic E-state index is -0.736. The number of rotatable bonds is 7. The van der Waals surface area contributed by atoms with Crippen molar-refractivity contribution in [3.05, 3.63) is 24.5 Å². The van der Waals surface area contributed by atoms with Gasteiger partial charge in [0.25, 0.3) is 5.17 Å². The fourth-order valence-electron chi connectivity index (χ4n) is 4.33. The summed E-state index contributed by atoms with van der Waals surface area (Å²) in [7, 11) is 1.32. The third-order valence-corrected chi connectivity index (χ3v) is 6.18. The number of aromatic nitrogens is 2. The number of nitrogens with one attached hydrogen (secondary N) is 2. The van der Waals surface area contributed by atoms with Crippen molar-refractivity contribution in [2.75, 3.05) is 7.11 Å². The molecule has 1 aliphatic rings. The van der Waals surface area contributed by atoms with Gasteiger partial charge in [0.1, 0.15) is 18.0 Å². The summed E-state index contributed by atoms with van der Waals surface area (Å²) in [4.78, 5) is 29.2. The van der Waals surface area contributed by atoms with E-state index < -0.39 is 47.7 Å². The number of nitrogens with zero attached hydrogens (tertiary/aromatic N) is 2. The molecule has 1 aromatic rings. The fraction of sp³-hybridized carbons (Fsp3) is 0.727. The number of amides is 1. The first kappa shape index (κ1) is 30.3. The van der Waals surface area contributed by atoms with E-state index >= 15 is 0 Å². The van der Waals surface area contributed by atoms with Crippen LogP contribution in [0.1, 0.15) is 53.9 Å². The Kier molecular flexibility index (Phi) is 12.3. The summed E-state index contributed by atoms with van der Waals surface area (Å²) in [6, 6.07) is -1.09. The van der Waals surface area contributed by atoms with E-state index in [1.165, 1.54) is 18.0 Å². The maximum Gasteiger partial charge on any atom is 0.407 e. The second kappa shape index (κ2) is 13.4. The van der Waals surface area contributed by atoms with Crippen LogP contribution < -0.4 is 5.32 Å². The Labute approximate surface area is 237 Å². The van der Waals surface area contributed by atoms with E-state index in [-0.39, 0.29) is 61.6 Å². The summed E-state index contributed by atoms with van der Waals surface area (Å²) in [6.07, 6.45) is 5.26. The molecule has 0 aliphatic heterocycles. The Hall–Kier alpha value is -0.758. The molecule has 11 heteroatoms. The molecule has 9 nitrogen and oxygen atoms in total. The number of alkyl carbamates (subject to hydrolysis) is 1. The summed E-state index contributed by atoms with van der Waals surface area (Å²) >= 11 is 5.42. The Morgan fingerprint density at radius 3 is 2.42 bits per heavy atom. The third-order valence-electron chi connectivity index (χ3n) is 5.88. The topological polar surface area (TPSA) is 115 Å². The molecule has 1 radical (unpaired) electrons. The molecule has 1 heterocycles. The van der Waals surface area contributed by atoms with Gasteiger partial charge in [-0.05, 0) is 39.4 Å². The summed E-state index contributed by atoms with van der Waals surface area (Å²) in [5, 5.41) is 3.01. The van der Waals surface area contributed by atoms with Crippen molar-refractivity contribution in [2.24, 2.45) is 17.8 Å². The summed E-state index contributed by atoms with van der Waals surface area (Å²) in [6.45, 7) is 9.41. The fourth-order valence-corrected chi connectivity index (χ4v) is 4.55. The number of hydrogen-bond acceptors (Lipinski definition) is 7. The van der Waals surface area contributed by atoms with Gasteiger partial charge >= 0.3 is 12.1 Å². The molecule has 5 unspecified atom stereocenters. The molecule has 5 atom stereocenters. The Balaban J connectivity index is 0.00000544. The van der Waals surface area contributed by atoms with Gasteiger partial charge in [0.2, 0.25) is 0 Å². The molecule has 1 fully saturated rings. The molecule has 183 valence electrons. The molecule has 0 aromatic carbocycles. The van der Waals surface area contributed by atoms with Crippen LogP contribution in [0.5, 0.6) is 0 Å². The number of esters is 1. The summed E-state index contributed by atoms with van der Waals surface area (Å²) in [5.41, 5.74) is 8.36. The van der Waals surface area contributed by atoms with Crippen LogP contribution in [0.15, 0.2) is 18.7 Å². The molecule has 2 rings (SSSR count). The SMILES string of the molecule is CCC(CC)C([NH-])C1C(NC(=O)OC(C)(C)C)CC(C(=O)OC)C1OC(=S)n1ccnc1.[Ac]. The van der Waals surface area contributed by atoms with Crippen molar-refractivity contribution in [1.82, 2.24) is 14.9 Å². The molecular formula is C22H35AcN4O5S-. The van der Waals surface area contributed by atoms with Crippen LogP contribution in [0.3, 0.4) is 0 Å². The van der Waals surface area contributed by atoms with Crippen molar-refractivity contribution in [2.45, 2.75) is 77.7 Å². The predicted molar refractivity (Wildman–Crippen MR) is 124 cm³/mol. The molecule has 1 saturated carbocycles. The van der Waals surface area contributed by atoms with Crippen LogP contribution in [0.25, 0.3) is 5.73 Å². The zero-order chi connectivity index (χ0) is 24.1. The van der Waals surface area contributed by atoms with E-state index in [2.05, 4.69) is 10.3 Å². The van der Waals surface area contributed by atoms with Crippen molar-refractivity contribution in [3.63, 3.8) is 0 Å². The molecule has 0 bridgehead atoms. The van der Waals surface area contributed by atoms with Crippen molar-refractivity contribution < 1.29 is 67.9 Å². The minimum absolute atomic E-state index is 0. The van der Waals surface area contributed by atoms with Gasteiger partial charge in [-0.3, -0.25) is 9.36 Å². The first-order valence-corrected chi connectivity index (χ1v) is 11.4. The monoisotopic (exact) mass is 694 g/mol. The van der Waals surface area contributed by atoms with Gasteiger partial charge < -0.3 is 25.3 Å². The number of imidazole rings is 1. The van der Waals surface area contributed by atoms with Crippen molar-refractivity contribution in [3.8, 4) is 0 Å². The van der Waals surface area contributed by atoms with Gasteiger partial charge in [-0.2, -0.15) is 0 Å². The number of hydrogen-bond donors (Lipinski definition) is 1. The number of carbonyl (C=O) groups excluding carboxylic acids is 2. The van der Waals surface area contributed by atoms with Crippen LogP contribution in [0.4, 0.5) is 4.79 Å². The summed E-state index contributed by atoms with van der Waals surface area (Å²) < 4.78 is 18.1. The molecule has 0 spiro atoms. The average Bonchev–Trinajstić information content (AvgIpc) is 3.35.